The van der Waals surface area contributed by atoms with E-state index in [0.717, 1.165) is 17.6 Å². The Labute approximate surface area is 108 Å². The van der Waals surface area contributed by atoms with E-state index < -0.39 is 0 Å². The van der Waals surface area contributed by atoms with Gasteiger partial charge in [0.1, 0.15) is 0 Å². The molecule has 3 rings (SSSR count). The number of nitrogens with zero attached hydrogens (tertiary/aromatic N) is 1. The number of hydrogen-bond acceptors (Lipinski definition) is 1. The normalized spacial score (nSPS) is 24.7. The van der Waals surface area contributed by atoms with Crippen LogP contribution in [0.2, 0.25) is 5.02 Å². The first kappa shape index (κ1) is 11.2. The second kappa shape index (κ2) is 4.38. The van der Waals surface area contributed by atoms with E-state index in [0.29, 0.717) is 5.92 Å². The third-order valence-electron chi connectivity index (χ3n) is 4.13. The molecule has 90 valence electrons. The average molecular weight is 248 g/mol. The molecule has 0 N–H and O–H groups in total. The molecule has 1 nitrogen and oxygen atoms in total. The van der Waals surface area contributed by atoms with Crippen molar-refractivity contribution in [3.63, 3.8) is 0 Å². The molecule has 1 unspecified atom stereocenters. The van der Waals surface area contributed by atoms with Gasteiger partial charge in [0.25, 0.3) is 0 Å². The lowest BCUT2D eigenvalue weighted by Gasteiger charge is -2.35. The zero-order valence-electron chi connectivity index (χ0n) is 10.2. The summed E-state index contributed by atoms with van der Waals surface area (Å²) in [6.07, 6.45) is 6.51. The van der Waals surface area contributed by atoms with Gasteiger partial charge in [-0.2, -0.15) is 0 Å². The molecular formula is C15H18ClN. The second-order valence-corrected chi connectivity index (χ2v) is 5.70. The van der Waals surface area contributed by atoms with Crippen LogP contribution in [0, 0.1) is 0 Å². The van der Waals surface area contributed by atoms with Crippen LogP contribution < -0.4 is 0 Å². The van der Waals surface area contributed by atoms with Crippen molar-refractivity contribution in [2.75, 3.05) is 6.54 Å². The van der Waals surface area contributed by atoms with Crippen molar-refractivity contribution in [3.05, 3.63) is 46.6 Å². The number of benzene rings is 1. The van der Waals surface area contributed by atoms with Crippen molar-refractivity contribution >= 4 is 11.6 Å². The highest BCUT2D eigenvalue weighted by atomic mass is 35.5. The van der Waals surface area contributed by atoms with E-state index in [1.54, 1.807) is 0 Å². The Bertz CT molecular complexity index is 431. The predicted molar refractivity (Wildman–Crippen MR) is 72.3 cm³/mol. The maximum atomic E-state index is 5.94. The van der Waals surface area contributed by atoms with Crippen molar-refractivity contribution in [2.24, 2.45) is 0 Å². The van der Waals surface area contributed by atoms with Gasteiger partial charge in [-0.1, -0.05) is 23.7 Å². The fourth-order valence-corrected chi connectivity index (χ4v) is 2.92. The summed E-state index contributed by atoms with van der Waals surface area (Å²) in [4.78, 5) is 2.54. The average Bonchev–Trinajstić information content (AvgIpc) is 2.59. The van der Waals surface area contributed by atoms with Crippen molar-refractivity contribution in [3.8, 4) is 0 Å². The van der Waals surface area contributed by atoms with Gasteiger partial charge >= 0.3 is 0 Å². The molecule has 1 fully saturated rings. The van der Waals surface area contributed by atoms with Crippen molar-refractivity contribution in [2.45, 2.75) is 38.1 Å². The number of halogens is 1. The molecule has 0 radical (unpaired) electrons. The van der Waals surface area contributed by atoms with Crippen LogP contribution in [0.25, 0.3) is 0 Å². The molecular weight excluding hydrogens is 230 g/mol. The molecule has 0 bridgehead atoms. The first-order valence-electron chi connectivity index (χ1n) is 6.43. The molecule has 2 heteroatoms. The van der Waals surface area contributed by atoms with Crippen LogP contribution in [-0.2, 0) is 0 Å². The summed E-state index contributed by atoms with van der Waals surface area (Å²) in [5.41, 5.74) is 2.88. The fraction of sp³-hybridized carbons (Fsp3) is 0.467. The van der Waals surface area contributed by atoms with Gasteiger partial charge in [-0.25, -0.2) is 0 Å². The summed E-state index contributed by atoms with van der Waals surface area (Å²) in [5.74, 6) is 0.563. The summed E-state index contributed by atoms with van der Waals surface area (Å²) in [5, 5.41) is 0.823. The van der Waals surface area contributed by atoms with Gasteiger partial charge in [-0.3, -0.25) is 0 Å². The molecule has 0 spiro atoms. The largest absolute Gasteiger partial charge is 0.374 e. The maximum Gasteiger partial charge on any atom is 0.0406 e. The molecule has 1 aromatic carbocycles. The summed E-state index contributed by atoms with van der Waals surface area (Å²) in [6, 6.07) is 9.12. The Kier molecular flexibility index (Phi) is 2.87. The zero-order valence-corrected chi connectivity index (χ0v) is 11.0. The molecule has 1 atom stereocenters. The summed E-state index contributed by atoms with van der Waals surface area (Å²) < 4.78 is 0. The SMILES string of the molecule is CC1=CN(C2CCC2)CC1c1ccc(Cl)cc1. The first-order chi connectivity index (χ1) is 8.24. The standard InChI is InChI=1S/C15H18ClN/c1-11-9-17(14-3-2-4-14)10-15(11)12-5-7-13(16)8-6-12/h5-9,14-15H,2-4,10H2,1H3. The van der Waals surface area contributed by atoms with Crippen LogP contribution in [0.3, 0.4) is 0 Å². The highest BCUT2D eigenvalue weighted by Gasteiger charge is 2.30. The monoisotopic (exact) mass is 247 g/mol. The fourth-order valence-electron chi connectivity index (χ4n) is 2.80. The summed E-state index contributed by atoms with van der Waals surface area (Å²) in [6.45, 7) is 3.40. The Morgan fingerprint density at radius 3 is 2.47 bits per heavy atom. The Morgan fingerprint density at radius 1 is 1.18 bits per heavy atom. The van der Waals surface area contributed by atoms with Crippen molar-refractivity contribution in [1.82, 2.24) is 4.90 Å². The lowest BCUT2D eigenvalue weighted by Crippen LogP contribution is -2.35. The molecule has 1 aliphatic heterocycles. The molecule has 17 heavy (non-hydrogen) atoms. The summed E-state index contributed by atoms with van der Waals surface area (Å²) in [7, 11) is 0. The first-order valence-corrected chi connectivity index (χ1v) is 6.81. The quantitative estimate of drug-likeness (QED) is 0.757. The molecule has 1 aliphatic carbocycles. The van der Waals surface area contributed by atoms with Crippen LogP contribution in [0.5, 0.6) is 0 Å². The Morgan fingerprint density at radius 2 is 1.88 bits per heavy atom. The highest BCUT2D eigenvalue weighted by Crippen LogP contribution is 2.36. The van der Waals surface area contributed by atoms with Gasteiger partial charge in [0.2, 0.25) is 0 Å². The van der Waals surface area contributed by atoms with E-state index >= 15 is 0 Å². The van der Waals surface area contributed by atoms with E-state index in [1.807, 2.05) is 12.1 Å². The predicted octanol–water partition coefficient (Wildman–Crippen LogP) is 4.20. The number of rotatable bonds is 2. The van der Waals surface area contributed by atoms with E-state index in [4.69, 9.17) is 11.6 Å². The van der Waals surface area contributed by atoms with Crippen LogP contribution >= 0.6 is 11.6 Å². The maximum absolute atomic E-state index is 5.94. The van der Waals surface area contributed by atoms with Gasteiger partial charge in [0.15, 0.2) is 0 Å². The molecule has 0 amide bonds. The van der Waals surface area contributed by atoms with E-state index in [-0.39, 0.29) is 0 Å². The van der Waals surface area contributed by atoms with E-state index in [1.165, 1.54) is 30.4 Å². The van der Waals surface area contributed by atoms with Crippen LogP contribution in [-0.4, -0.2) is 17.5 Å². The van der Waals surface area contributed by atoms with Gasteiger partial charge in [-0.05, 0) is 55.7 Å². The van der Waals surface area contributed by atoms with Gasteiger partial charge in [0, 0.05) is 23.5 Å². The second-order valence-electron chi connectivity index (χ2n) is 5.26. The Balaban J connectivity index is 1.77. The topological polar surface area (TPSA) is 3.24 Å². The third-order valence-corrected chi connectivity index (χ3v) is 4.38. The van der Waals surface area contributed by atoms with Gasteiger partial charge < -0.3 is 4.90 Å². The smallest absolute Gasteiger partial charge is 0.0406 e. The highest BCUT2D eigenvalue weighted by molar-refractivity contribution is 6.30. The van der Waals surface area contributed by atoms with Crippen molar-refractivity contribution < 1.29 is 0 Å². The lowest BCUT2D eigenvalue weighted by molar-refractivity contribution is 0.192. The lowest BCUT2D eigenvalue weighted by atomic mass is 9.91. The molecule has 0 saturated heterocycles. The molecule has 1 aromatic rings. The van der Waals surface area contributed by atoms with Crippen LogP contribution in [0.15, 0.2) is 36.0 Å². The van der Waals surface area contributed by atoms with Gasteiger partial charge in [0.05, 0.1) is 0 Å². The molecule has 2 aliphatic rings. The minimum Gasteiger partial charge on any atom is -0.374 e. The molecule has 1 heterocycles. The van der Waals surface area contributed by atoms with Crippen LogP contribution in [0.4, 0.5) is 0 Å². The minimum absolute atomic E-state index is 0.563. The third kappa shape index (κ3) is 2.09. The summed E-state index contributed by atoms with van der Waals surface area (Å²) >= 11 is 5.94. The molecule has 0 aromatic heterocycles. The molecule has 1 saturated carbocycles. The van der Waals surface area contributed by atoms with Crippen molar-refractivity contribution in [1.29, 1.82) is 0 Å². The van der Waals surface area contributed by atoms with E-state index in [2.05, 4.69) is 30.2 Å². The number of hydrogen-bond donors (Lipinski definition) is 0. The van der Waals surface area contributed by atoms with Crippen LogP contribution in [0.1, 0.15) is 37.7 Å². The minimum atomic E-state index is 0.563. The zero-order chi connectivity index (χ0) is 11.8. The van der Waals surface area contributed by atoms with E-state index in [9.17, 15) is 0 Å². The van der Waals surface area contributed by atoms with Gasteiger partial charge in [-0.15, -0.1) is 0 Å². The Hall–Kier alpha value is -0.950.